The van der Waals surface area contributed by atoms with Crippen LogP contribution >= 0.6 is 15.9 Å². The molecular weight excluding hydrogens is 326 g/mol. The van der Waals surface area contributed by atoms with E-state index in [-0.39, 0.29) is 0 Å². The molecule has 3 aromatic carbocycles. The monoisotopic (exact) mass is 341 g/mol. The van der Waals surface area contributed by atoms with Crippen LogP contribution in [0.3, 0.4) is 0 Å². The Hall–Kier alpha value is -1.84. The molecule has 1 atom stereocenters. The highest BCUT2D eigenvalue weighted by Crippen LogP contribution is 2.24. The Labute approximate surface area is 132 Å². The van der Waals surface area contributed by atoms with E-state index in [1.54, 1.807) is 0 Å². The van der Waals surface area contributed by atoms with Crippen molar-refractivity contribution in [3.05, 3.63) is 76.8 Å². The molecule has 3 aromatic rings. The largest absolute Gasteiger partial charge is 0.387 e. The van der Waals surface area contributed by atoms with Gasteiger partial charge in [-0.3, -0.25) is 0 Å². The van der Waals surface area contributed by atoms with Crippen LogP contribution in [0.15, 0.2) is 71.2 Å². The van der Waals surface area contributed by atoms with E-state index >= 15 is 0 Å². The topological polar surface area (TPSA) is 32.3 Å². The molecule has 3 heteroatoms. The lowest BCUT2D eigenvalue weighted by Gasteiger charge is -2.15. The number of rotatable bonds is 4. The lowest BCUT2D eigenvalue weighted by molar-refractivity contribution is 0.191. The number of benzene rings is 3. The van der Waals surface area contributed by atoms with Crippen LogP contribution in [0.25, 0.3) is 10.8 Å². The van der Waals surface area contributed by atoms with Crippen LogP contribution in [-0.2, 0) is 0 Å². The van der Waals surface area contributed by atoms with E-state index in [0.717, 1.165) is 15.7 Å². The second kappa shape index (κ2) is 6.29. The van der Waals surface area contributed by atoms with Crippen molar-refractivity contribution >= 4 is 32.4 Å². The van der Waals surface area contributed by atoms with Crippen molar-refractivity contribution in [3.8, 4) is 0 Å². The first-order valence-corrected chi connectivity index (χ1v) is 7.68. The smallest absolute Gasteiger partial charge is 0.0962 e. The molecular formula is C18H16BrNO. The number of aliphatic hydroxyl groups is 1. The van der Waals surface area contributed by atoms with Gasteiger partial charge in [0, 0.05) is 22.1 Å². The summed E-state index contributed by atoms with van der Waals surface area (Å²) in [4.78, 5) is 0. The van der Waals surface area contributed by atoms with E-state index in [1.807, 2.05) is 48.5 Å². The Morgan fingerprint density at radius 2 is 1.71 bits per heavy atom. The second-order valence-electron chi connectivity index (χ2n) is 4.98. The summed E-state index contributed by atoms with van der Waals surface area (Å²) in [6.45, 7) is 0.477. The van der Waals surface area contributed by atoms with Gasteiger partial charge in [-0.25, -0.2) is 0 Å². The molecule has 2 N–H and O–H groups in total. The predicted molar refractivity (Wildman–Crippen MR) is 91.5 cm³/mol. The molecule has 1 unspecified atom stereocenters. The maximum atomic E-state index is 10.3. The average Bonchev–Trinajstić information content (AvgIpc) is 2.52. The maximum Gasteiger partial charge on any atom is 0.0962 e. The lowest BCUT2D eigenvalue weighted by Crippen LogP contribution is -2.12. The number of aliphatic hydroxyl groups excluding tert-OH is 1. The summed E-state index contributed by atoms with van der Waals surface area (Å²) in [5.74, 6) is 0. The second-order valence-corrected chi connectivity index (χ2v) is 5.89. The molecule has 0 aliphatic heterocycles. The van der Waals surface area contributed by atoms with Crippen LogP contribution in [0.4, 0.5) is 5.69 Å². The van der Waals surface area contributed by atoms with Crippen LogP contribution in [0, 0.1) is 0 Å². The van der Waals surface area contributed by atoms with E-state index in [4.69, 9.17) is 0 Å². The molecule has 0 saturated heterocycles. The van der Waals surface area contributed by atoms with E-state index in [2.05, 4.69) is 39.4 Å². The van der Waals surface area contributed by atoms with Gasteiger partial charge in [-0.2, -0.15) is 0 Å². The molecule has 106 valence electrons. The number of halogens is 1. The molecule has 0 aromatic heterocycles. The Balaban J connectivity index is 1.77. The highest BCUT2D eigenvalue weighted by molar-refractivity contribution is 9.10. The molecule has 0 aliphatic carbocycles. The average molecular weight is 342 g/mol. The molecule has 0 fully saturated rings. The third kappa shape index (κ3) is 3.26. The molecule has 21 heavy (non-hydrogen) atoms. The van der Waals surface area contributed by atoms with Gasteiger partial charge in [0.15, 0.2) is 0 Å². The summed E-state index contributed by atoms with van der Waals surface area (Å²) in [6, 6.07) is 22.1. The molecule has 0 radical (unpaired) electrons. The Morgan fingerprint density at radius 3 is 2.57 bits per heavy atom. The number of hydrogen-bond donors (Lipinski definition) is 2. The van der Waals surface area contributed by atoms with Crippen molar-refractivity contribution in [1.82, 2.24) is 0 Å². The van der Waals surface area contributed by atoms with E-state index < -0.39 is 6.10 Å². The minimum atomic E-state index is -0.540. The van der Waals surface area contributed by atoms with Crippen LogP contribution < -0.4 is 5.32 Å². The van der Waals surface area contributed by atoms with E-state index in [1.165, 1.54) is 10.8 Å². The summed E-state index contributed by atoms with van der Waals surface area (Å²) in [5.41, 5.74) is 1.94. The zero-order chi connectivity index (χ0) is 14.7. The minimum absolute atomic E-state index is 0.477. The SMILES string of the molecule is OC(CNc1cccc2ccccc12)c1cccc(Br)c1. The quantitative estimate of drug-likeness (QED) is 0.717. The zero-order valence-electron chi connectivity index (χ0n) is 11.5. The molecule has 0 spiro atoms. The Bertz CT molecular complexity index is 752. The zero-order valence-corrected chi connectivity index (χ0v) is 13.0. The van der Waals surface area contributed by atoms with E-state index in [0.29, 0.717) is 6.54 Å². The third-order valence-electron chi connectivity index (χ3n) is 3.51. The van der Waals surface area contributed by atoms with Crippen LogP contribution in [0.5, 0.6) is 0 Å². The molecule has 0 amide bonds. The fraction of sp³-hybridized carbons (Fsp3) is 0.111. The number of fused-ring (bicyclic) bond motifs is 1. The van der Waals surface area contributed by atoms with Gasteiger partial charge >= 0.3 is 0 Å². The van der Waals surface area contributed by atoms with E-state index in [9.17, 15) is 5.11 Å². The highest BCUT2D eigenvalue weighted by atomic mass is 79.9. The van der Waals surface area contributed by atoms with Gasteiger partial charge in [0.05, 0.1) is 6.10 Å². The number of anilines is 1. The summed E-state index contributed by atoms with van der Waals surface area (Å²) in [5, 5.41) is 16.0. The summed E-state index contributed by atoms with van der Waals surface area (Å²) in [6.07, 6.45) is -0.540. The predicted octanol–water partition coefficient (Wildman–Crippen LogP) is 4.75. The van der Waals surface area contributed by atoms with Gasteiger partial charge in [0.1, 0.15) is 0 Å². The maximum absolute atomic E-state index is 10.3. The van der Waals surface area contributed by atoms with Crippen LogP contribution in [0.1, 0.15) is 11.7 Å². The van der Waals surface area contributed by atoms with Crippen molar-refractivity contribution in [3.63, 3.8) is 0 Å². The molecule has 0 aliphatic rings. The van der Waals surface area contributed by atoms with Gasteiger partial charge in [0.2, 0.25) is 0 Å². The molecule has 2 nitrogen and oxygen atoms in total. The fourth-order valence-electron chi connectivity index (χ4n) is 2.42. The molecule has 0 saturated carbocycles. The van der Waals surface area contributed by atoms with Crippen molar-refractivity contribution < 1.29 is 5.11 Å². The summed E-state index contributed by atoms with van der Waals surface area (Å²) in [7, 11) is 0. The first-order chi connectivity index (χ1) is 10.2. The highest BCUT2D eigenvalue weighted by Gasteiger charge is 2.08. The summed E-state index contributed by atoms with van der Waals surface area (Å²) < 4.78 is 0.976. The number of nitrogens with one attached hydrogen (secondary N) is 1. The van der Waals surface area contributed by atoms with Crippen molar-refractivity contribution in [2.45, 2.75) is 6.10 Å². The Morgan fingerprint density at radius 1 is 0.952 bits per heavy atom. The van der Waals surface area contributed by atoms with Crippen molar-refractivity contribution in [1.29, 1.82) is 0 Å². The van der Waals surface area contributed by atoms with Crippen LogP contribution in [-0.4, -0.2) is 11.7 Å². The first kappa shape index (κ1) is 14.1. The lowest BCUT2D eigenvalue weighted by atomic mass is 10.1. The van der Waals surface area contributed by atoms with Gasteiger partial charge in [0.25, 0.3) is 0 Å². The van der Waals surface area contributed by atoms with Gasteiger partial charge in [-0.15, -0.1) is 0 Å². The number of hydrogen-bond acceptors (Lipinski definition) is 2. The molecule has 0 bridgehead atoms. The van der Waals surface area contributed by atoms with Crippen molar-refractivity contribution in [2.75, 3.05) is 11.9 Å². The van der Waals surface area contributed by atoms with Gasteiger partial charge in [-0.05, 0) is 29.1 Å². The molecule has 3 rings (SSSR count). The normalized spacial score (nSPS) is 12.3. The first-order valence-electron chi connectivity index (χ1n) is 6.89. The minimum Gasteiger partial charge on any atom is -0.387 e. The Kier molecular flexibility index (Phi) is 4.23. The molecule has 0 heterocycles. The standard InChI is InChI=1S/C18H16BrNO/c19-15-8-3-7-14(11-15)18(21)12-20-17-10-4-6-13-5-1-2-9-16(13)17/h1-11,18,20-21H,12H2. The van der Waals surface area contributed by atoms with Gasteiger partial charge < -0.3 is 10.4 Å². The third-order valence-corrected chi connectivity index (χ3v) is 4.00. The van der Waals surface area contributed by atoms with Crippen LogP contribution in [0.2, 0.25) is 0 Å². The fourth-order valence-corrected chi connectivity index (χ4v) is 2.83. The van der Waals surface area contributed by atoms with Gasteiger partial charge in [-0.1, -0.05) is 64.5 Å². The summed E-state index contributed by atoms with van der Waals surface area (Å²) >= 11 is 3.43. The van der Waals surface area contributed by atoms with Crippen molar-refractivity contribution in [2.24, 2.45) is 0 Å².